The third kappa shape index (κ3) is 2.41. The summed E-state index contributed by atoms with van der Waals surface area (Å²) in [6.07, 6.45) is 0. The summed E-state index contributed by atoms with van der Waals surface area (Å²) in [5.74, 6) is 0.439. The first-order valence-electron chi connectivity index (χ1n) is 4.78. The first-order chi connectivity index (χ1) is 6.32. The molecular formula is C11H17NOS. The standard InChI is InChI=1S/C11H17NOS/c1-7(11(3,4)5)10-12-9(6-14-10)8(2)13/h6-7H,1-5H3. The average molecular weight is 211 g/mol. The smallest absolute Gasteiger partial charge is 0.178 e. The number of carbonyl (C=O) groups excluding carboxylic acids is 1. The molecule has 0 bridgehead atoms. The highest BCUT2D eigenvalue weighted by atomic mass is 32.1. The molecule has 0 fully saturated rings. The quantitative estimate of drug-likeness (QED) is 0.701. The molecule has 1 heterocycles. The van der Waals surface area contributed by atoms with Crippen molar-refractivity contribution < 1.29 is 4.79 Å². The Morgan fingerprint density at radius 1 is 1.50 bits per heavy atom. The zero-order valence-electron chi connectivity index (χ0n) is 9.42. The predicted octanol–water partition coefficient (Wildman–Crippen LogP) is 3.50. The molecule has 0 aromatic carbocycles. The molecule has 0 amide bonds. The zero-order valence-corrected chi connectivity index (χ0v) is 10.2. The Morgan fingerprint density at radius 2 is 2.07 bits per heavy atom. The van der Waals surface area contributed by atoms with Crippen molar-refractivity contribution in [2.45, 2.75) is 40.5 Å². The summed E-state index contributed by atoms with van der Waals surface area (Å²) in [6.45, 7) is 10.3. The molecule has 1 aromatic rings. The first-order valence-corrected chi connectivity index (χ1v) is 5.66. The second kappa shape index (κ2) is 3.81. The maximum atomic E-state index is 11.1. The topological polar surface area (TPSA) is 30.0 Å². The number of rotatable bonds is 2. The van der Waals surface area contributed by atoms with Crippen LogP contribution in [0.5, 0.6) is 0 Å². The van der Waals surface area contributed by atoms with Gasteiger partial charge in [0.25, 0.3) is 0 Å². The van der Waals surface area contributed by atoms with E-state index in [9.17, 15) is 4.79 Å². The Kier molecular flexibility index (Phi) is 3.10. The number of ketones is 1. The molecule has 2 nitrogen and oxygen atoms in total. The summed E-state index contributed by atoms with van der Waals surface area (Å²) >= 11 is 1.58. The molecule has 0 N–H and O–H groups in total. The minimum atomic E-state index is 0.0496. The average Bonchev–Trinajstić information content (AvgIpc) is 2.48. The van der Waals surface area contributed by atoms with Crippen LogP contribution in [0.4, 0.5) is 0 Å². The predicted molar refractivity (Wildman–Crippen MR) is 60.0 cm³/mol. The van der Waals surface area contributed by atoms with Gasteiger partial charge in [-0.15, -0.1) is 11.3 Å². The first kappa shape index (κ1) is 11.4. The highest BCUT2D eigenvalue weighted by molar-refractivity contribution is 7.09. The molecule has 14 heavy (non-hydrogen) atoms. The highest BCUT2D eigenvalue weighted by Gasteiger charge is 2.24. The van der Waals surface area contributed by atoms with Gasteiger partial charge in [-0.1, -0.05) is 27.7 Å². The Labute approximate surface area is 89.4 Å². The molecule has 3 heteroatoms. The summed E-state index contributed by atoms with van der Waals surface area (Å²) in [6, 6.07) is 0. The lowest BCUT2D eigenvalue weighted by Gasteiger charge is -2.25. The maximum absolute atomic E-state index is 11.1. The summed E-state index contributed by atoms with van der Waals surface area (Å²) in [5, 5.41) is 2.91. The van der Waals surface area contributed by atoms with Gasteiger partial charge in [-0.3, -0.25) is 4.79 Å². The summed E-state index contributed by atoms with van der Waals surface area (Å²) in [5.41, 5.74) is 0.799. The molecule has 1 unspecified atom stereocenters. The van der Waals surface area contributed by atoms with Crippen LogP contribution >= 0.6 is 11.3 Å². The van der Waals surface area contributed by atoms with E-state index in [0.717, 1.165) is 5.01 Å². The number of thiazole rings is 1. The molecule has 0 aliphatic heterocycles. The lowest BCUT2D eigenvalue weighted by atomic mass is 9.82. The lowest BCUT2D eigenvalue weighted by Crippen LogP contribution is -2.15. The summed E-state index contributed by atoms with van der Waals surface area (Å²) < 4.78 is 0. The number of nitrogens with zero attached hydrogens (tertiary/aromatic N) is 1. The molecule has 1 atom stereocenters. The van der Waals surface area contributed by atoms with Gasteiger partial charge >= 0.3 is 0 Å². The molecule has 78 valence electrons. The fourth-order valence-electron chi connectivity index (χ4n) is 1.02. The Morgan fingerprint density at radius 3 is 2.43 bits per heavy atom. The minimum absolute atomic E-state index is 0.0496. The Hall–Kier alpha value is -0.700. The van der Waals surface area contributed by atoms with Gasteiger partial charge < -0.3 is 0 Å². The molecule has 1 aromatic heterocycles. The van der Waals surface area contributed by atoms with Crippen molar-refractivity contribution in [3.63, 3.8) is 0 Å². The van der Waals surface area contributed by atoms with Crippen LogP contribution in [0.3, 0.4) is 0 Å². The number of carbonyl (C=O) groups is 1. The SMILES string of the molecule is CC(=O)c1csc(C(C)C(C)(C)C)n1. The van der Waals surface area contributed by atoms with Crippen molar-refractivity contribution in [3.8, 4) is 0 Å². The maximum Gasteiger partial charge on any atom is 0.178 e. The molecule has 1 rings (SSSR count). The molecule has 0 aliphatic rings. The van der Waals surface area contributed by atoms with Crippen LogP contribution < -0.4 is 0 Å². The monoisotopic (exact) mass is 211 g/mol. The van der Waals surface area contributed by atoms with E-state index in [-0.39, 0.29) is 11.2 Å². The van der Waals surface area contributed by atoms with E-state index in [4.69, 9.17) is 0 Å². The lowest BCUT2D eigenvalue weighted by molar-refractivity contribution is 0.101. The molecule has 0 aliphatic carbocycles. The number of Topliss-reactive ketones (excluding diaryl/α,β-unsaturated/α-hetero) is 1. The minimum Gasteiger partial charge on any atom is -0.293 e. The van der Waals surface area contributed by atoms with E-state index >= 15 is 0 Å². The van der Waals surface area contributed by atoms with Gasteiger partial charge in [-0.2, -0.15) is 0 Å². The highest BCUT2D eigenvalue weighted by Crippen LogP contribution is 2.35. The molecule has 0 spiro atoms. The second-order valence-electron chi connectivity index (χ2n) is 4.71. The van der Waals surface area contributed by atoms with Crippen LogP contribution in [0.25, 0.3) is 0 Å². The van der Waals surface area contributed by atoms with Gasteiger partial charge in [0.2, 0.25) is 0 Å². The van der Waals surface area contributed by atoms with Crippen LogP contribution in [0.1, 0.15) is 56.0 Å². The fourth-order valence-corrected chi connectivity index (χ4v) is 2.18. The molecule has 0 saturated carbocycles. The molecule has 0 saturated heterocycles. The van der Waals surface area contributed by atoms with Gasteiger partial charge in [0.1, 0.15) is 5.69 Å². The van der Waals surface area contributed by atoms with E-state index < -0.39 is 0 Å². The van der Waals surface area contributed by atoms with Crippen molar-refractivity contribution in [3.05, 3.63) is 16.1 Å². The van der Waals surface area contributed by atoms with Crippen LogP contribution in [0.15, 0.2) is 5.38 Å². The number of hydrogen-bond acceptors (Lipinski definition) is 3. The largest absolute Gasteiger partial charge is 0.293 e. The third-order valence-electron chi connectivity index (χ3n) is 2.55. The van der Waals surface area contributed by atoms with Crippen molar-refractivity contribution in [2.75, 3.05) is 0 Å². The van der Waals surface area contributed by atoms with E-state index in [1.54, 1.807) is 18.3 Å². The summed E-state index contributed by atoms with van der Waals surface area (Å²) in [4.78, 5) is 15.4. The zero-order chi connectivity index (χ0) is 10.9. The van der Waals surface area contributed by atoms with E-state index in [1.165, 1.54) is 0 Å². The van der Waals surface area contributed by atoms with Gasteiger partial charge in [-0.25, -0.2) is 4.98 Å². The number of hydrogen-bond donors (Lipinski definition) is 0. The van der Waals surface area contributed by atoms with Crippen LogP contribution in [0.2, 0.25) is 0 Å². The van der Waals surface area contributed by atoms with E-state index in [1.807, 2.05) is 5.38 Å². The van der Waals surface area contributed by atoms with Crippen LogP contribution in [-0.4, -0.2) is 10.8 Å². The van der Waals surface area contributed by atoms with Crippen molar-refractivity contribution >= 4 is 17.1 Å². The molecule has 0 radical (unpaired) electrons. The van der Waals surface area contributed by atoms with Gasteiger partial charge in [-0.05, 0) is 5.41 Å². The normalized spacial score (nSPS) is 14.1. The van der Waals surface area contributed by atoms with Gasteiger partial charge in [0.05, 0.1) is 5.01 Å². The van der Waals surface area contributed by atoms with Crippen molar-refractivity contribution in [1.29, 1.82) is 0 Å². The van der Waals surface area contributed by atoms with Gasteiger partial charge in [0, 0.05) is 18.2 Å². The second-order valence-corrected chi connectivity index (χ2v) is 5.60. The van der Waals surface area contributed by atoms with E-state index in [0.29, 0.717) is 11.6 Å². The van der Waals surface area contributed by atoms with Crippen molar-refractivity contribution in [2.24, 2.45) is 5.41 Å². The van der Waals surface area contributed by atoms with E-state index in [2.05, 4.69) is 32.7 Å². The van der Waals surface area contributed by atoms with Crippen LogP contribution in [-0.2, 0) is 0 Å². The van der Waals surface area contributed by atoms with Crippen LogP contribution in [0, 0.1) is 5.41 Å². The third-order valence-corrected chi connectivity index (χ3v) is 3.58. The van der Waals surface area contributed by atoms with Gasteiger partial charge in [0.15, 0.2) is 5.78 Å². The Bertz CT molecular complexity index is 335. The number of aromatic nitrogens is 1. The Balaban J connectivity index is 2.92. The summed E-state index contributed by atoms with van der Waals surface area (Å²) in [7, 11) is 0. The molecular weight excluding hydrogens is 194 g/mol. The fraction of sp³-hybridized carbons (Fsp3) is 0.636. The van der Waals surface area contributed by atoms with Crippen molar-refractivity contribution in [1.82, 2.24) is 4.98 Å².